The van der Waals surface area contributed by atoms with Crippen molar-refractivity contribution in [3.8, 4) is 0 Å². The molecule has 0 spiro atoms. The zero-order valence-corrected chi connectivity index (χ0v) is 9.75. The van der Waals surface area contributed by atoms with Gasteiger partial charge in [0.1, 0.15) is 0 Å². The van der Waals surface area contributed by atoms with E-state index in [9.17, 15) is 5.11 Å². The zero-order valence-electron chi connectivity index (χ0n) is 9.75. The van der Waals surface area contributed by atoms with Gasteiger partial charge in [-0.25, -0.2) is 0 Å². The minimum atomic E-state index is -0.0894. The predicted octanol–water partition coefficient (Wildman–Crippen LogP) is 2.46. The molecule has 2 heteroatoms. The molecule has 2 fully saturated rings. The molecule has 2 aliphatic carbocycles. The van der Waals surface area contributed by atoms with E-state index in [1.165, 1.54) is 51.4 Å². The maximum atomic E-state index is 9.91. The van der Waals surface area contributed by atoms with Crippen LogP contribution in [0.25, 0.3) is 0 Å². The molecular formula is C13H25NO. The summed E-state index contributed by atoms with van der Waals surface area (Å²) in [6.07, 6.45) is 11.5. The Morgan fingerprint density at radius 3 is 2.60 bits per heavy atom. The Labute approximate surface area is 93.5 Å². The van der Waals surface area contributed by atoms with Crippen molar-refractivity contribution in [2.45, 2.75) is 69.9 Å². The number of hydrogen-bond acceptors (Lipinski definition) is 2. The second-order valence-electron chi connectivity index (χ2n) is 5.35. The minimum Gasteiger partial charge on any atom is -0.392 e. The SMILES string of the molecule is OC1CCCCCC1NCCCC1CC1. The van der Waals surface area contributed by atoms with Crippen LogP contribution in [0.2, 0.25) is 0 Å². The minimum absolute atomic E-state index is 0.0894. The highest BCUT2D eigenvalue weighted by Crippen LogP contribution is 2.33. The molecule has 2 unspecified atom stereocenters. The molecule has 0 aliphatic heterocycles. The second kappa shape index (κ2) is 5.86. The van der Waals surface area contributed by atoms with E-state index < -0.39 is 0 Å². The van der Waals surface area contributed by atoms with Crippen molar-refractivity contribution < 1.29 is 5.11 Å². The Hall–Kier alpha value is -0.0800. The van der Waals surface area contributed by atoms with E-state index in [1.807, 2.05) is 0 Å². The van der Waals surface area contributed by atoms with Gasteiger partial charge in [0.25, 0.3) is 0 Å². The molecule has 2 saturated carbocycles. The third-order valence-electron chi connectivity index (χ3n) is 3.87. The quantitative estimate of drug-likeness (QED) is 0.541. The summed E-state index contributed by atoms with van der Waals surface area (Å²) in [5, 5.41) is 13.5. The van der Waals surface area contributed by atoms with Crippen molar-refractivity contribution in [3.63, 3.8) is 0 Å². The standard InChI is InChI=1S/C13H25NO/c15-13-7-3-1-2-6-12(13)14-10-4-5-11-8-9-11/h11-15H,1-10H2. The summed E-state index contributed by atoms with van der Waals surface area (Å²) in [5.74, 6) is 1.05. The predicted molar refractivity (Wildman–Crippen MR) is 62.8 cm³/mol. The Morgan fingerprint density at radius 2 is 1.80 bits per heavy atom. The molecule has 0 aromatic heterocycles. The van der Waals surface area contributed by atoms with Crippen molar-refractivity contribution in [3.05, 3.63) is 0 Å². The van der Waals surface area contributed by atoms with E-state index in [0.29, 0.717) is 6.04 Å². The topological polar surface area (TPSA) is 32.3 Å². The molecule has 2 N–H and O–H groups in total. The van der Waals surface area contributed by atoms with Crippen LogP contribution in [0.5, 0.6) is 0 Å². The van der Waals surface area contributed by atoms with Crippen LogP contribution in [0.4, 0.5) is 0 Å². The Balaban J connectivity index is 1.58. The average molecular weight is 211 g/mol. The lowest BCUT2D eigenvalue weighted by Crippen LogP contribution is -2.39. The molecule has 0 heterocycles. The largest absolute Gasteiger partial charge is 0.392 e. The third-order valence-corrected chi connectivity index (χ3v) is 3.87. The molecule has 15 heavy (non-hydrogen) atoms. The van der Waals surface area contributed by atoms with Gasteiger partial charge in [0, 0.05) is 6.04 Å². The fourth-order valence-corrected chi connectivity index (χ4v) is 2.61. The summed E-state index contributed by atoms with van der Waals surface area (Å²) in [6, 6.07) is 0.381. The van der Waals surface area contributed by atoms with Gasteiger partial charge in [-0.2, -0.15) is 0 Å². The lowest BCUT2D eigenvalue weighted by atomic mass is 10.1. The van der Waals surface area contributed by atoms with E-state index in [4.69, 9.17) is 0 Å². The zero-order chi connectivity index (χ0) is 10.5. The second-order valence-corrected chi connectivity index (χ2v) is 5.35. The fraction of sp³-hybridized carbons (Fsp3) is 1.00. The van der Waals surface area contributed by atoms with Gasteiger partial charge in [0.05, 0.1) is 6.10 Å². The first-order valence-electron chi connectivity index (χ1n) is 6.78. The summed E-state index contributed by atoms with van der Waals surface area (Å²) in [5.41, 5.74) is 0. The summed E-state index contributed by atoms with van der Waals surface area (Å²) >= 11 is 0. The molecule has 0 radical (unpaired) electrons. The molecule has 0 bridgehead atoms. The van der Waals surface area contributed by atoms with Gasteiger partial charge in [0.2, 0.25) is 0 Å². The number of nitrogens with one attached hydrogen (secondary N) is 1. The summed E-state index contributed by atoms with van der Waals surface area (Å²) < 4.78 is 0. The van der Waals surface area contributed by atoms with Crippen LogP contribution in [0, 0.1) is 5.92 Å². The van der Waals surface area contributed by atoms with Crippen LogP contribution in [-0.2, 0) is 0 Å². The molecule has 0 amide bonds. The van der Waals surface area contributed by atoms with E-state index in [0.717, 1.165) is 18.9 Å². The Morgan fingerprint density at radius 1 is 1.00 bits per heavy atom. The van der Waals surface area contributed by atoms with E-state index in [1.54, 1.807) is 0 Å². The molecule has 88 valence electrons. The molecule has 2 aliphatic rings. The Kier molecular flexibility index (Phi) is 4.45. The van der Waals surface area contributed by atoms with Crippen molar-refractivity contribution in [1.29, 1.82) is 0 Å². The first kappa shape index (κ1) is 11.4. The maximum Gasteiger partial charge on any atom is 0.0693 e. The first-order valence-corrected chi connectivity index (χ1v) is 6.78. The summed E-state index contributed by atoms with van der Waals surface area (Å²) in [4.78, 5) is 0. The van der Waals surface area contributed by atoms with Gasteiger partial charge >= 0.3 is 0 Å². The van der Waals surface area contributed by atoms with Crippen LogP contribution in [-0.4, -0.2) is 23.8 Å². The van der Waals surface area contributed by atoms with Crippen molar-refractivity contribution in [2.24, 2.45) is 5.92 Å². The van der Waals surface area contributed by atoms with E-state index in [2.05, 4.69) is 5.32 Å². The monoisotopic (exact) mass is 211 g/mol. The van der Waals surface area contributed by atoms with Crippen LogP contribution in [0.3, 0.4) is 0 Å². The molecule has 2 atom stereocenters. The van der Waals surface area contributed by atoms with Gasteiger partial charge in [-0.3, -0.25) is 0 Å². The first-order chi connectivity index (χ1) is 7.36. The van der Waals surface area contributed by atoms with Gasteiger partial charge in [0.15, 0.2) is 0 Å². The van der Waals surface area contributed by atoms with E-state index in [-0.39, 0.29) is 6.10 Å². The lowest BCUT2D eigenvalue weighted by Gasteiger charge is -2.21. The van der Waals surface area contributed by atoms with Gasteiger partial charge in [-0.1, -0.05) is 32.1 Å². The summed E-state index contributed by atoms with van der Waals surface area (Å²) in [7, 11) is 0. The smallest absolute Gasteiger partial charge is 0.0693 e. The van der Waals surface area contributed by atoms with Gasteiger partial charge in [-0.15, -0.1) is 0 Å². The van der Waals surface area contributed by atoms with Crippen LogP contribution >= 0.6 is 0 Å². The Bertz CT molecular complexity index is 179. The van der Waals surface area contributed by atoms with Crippen LogP contribution in [0.15, 0.2) is 0 Å². The average Bonchev–Trinajstić information content (AvgIpc) is 3.03. The number of aliphatic hydroxyl groups is 1. The summed E-state index contributed by atoms with van der Waals surface area (Å²) in [6.45, 7) is 1.11. The van der Waals surface area contributed by atoms with E-state index >= 15 is 0 Å². The normalized spacial score (nSPS) is 32.6. The number of rotatable bonds is 5. The third kappa shape index (κ3) is 4.12. The van der Waals surface area contributed by atoms with Crippen molar-refractivity contribution >= 4 is 0 Å². The fourth-order valence-electron chi connectivity index (χ4n) is 2.61. The number of hydrogen-bond donors (Lipinski definition) is 2. The molecule has 0 aromatic carbocycles. The molecular weight excluding hydrogens is 186 g/mol. The van der Waals surface area contributed by atoms with Crippen LogP contribution < -0.4 is 5.32 Å². The highest BCUT2D eigenvalue weighted by atomic mass is 16.3. The maximum absolute atomic E-state index is 9.91. The van der Waals surface area contributed by atoms with Crippen molar-refractivity contribution in [2.75, 3.05) is 6.54 Å². The van der Waals surface area contributed by atoms with Gasteiger partial charge in [-0.05, 0) is 38.1 Å². The van der Waals surface area contributed by atoms with Gasteiger partial charge < -0.3 is 10.4 Å². The highest BCUT2D eigenvalue weighted by Gasteiger charge is 2.22. The van der Waals surface area contributed by atoms with Crippen LogP contribution in [0.1, 0.15) is 57.8 Å². The highest BCUT2D eigenvalue weighted by molar-refractivity contribution is 4.79. The van der Waals surface area contributed by atoms with Crippen molar-refractivity contribution in [1.82, 2.24) is 5.32 Å². The molecule has 2 nitrogen and oxygen atoms in total. The molecule has 2 rings (SSSR count). The molecule has 0 aromatic rings. The molecule has 0 saturated heterocycles. The number of aliphatic hydroxyl groups excluding tert-OH is 1. The lowest BCUT2D eigenvalue weighted by molar-refractivity contribution is 0.120.